The van der Waals surface area contributed by atoms with Crippen molar-refractivity contribution in [2.45, 2.75) is 12.5 Å². The molecule has 2 aromatic heterocycles. The number of fused-ring (bicyclic) bond motifs is 1. The Bertz CT molecular complexity index is 1270. The Kier molecular flexibility index (Phi) is 5.58. The predicted octanol–water partition coefficient (Wildman–Crippen LogP) is 5.64. The van der Waals surface area contributed by atoms with E-state index in [9.17, 15) is 0 Å². The van der Waals surface area contributed by atoms with Gasteiger partial charge in [0.05, 0.1) is 11.8 Å². The van der Waals surface area contributed by atoms with Gasteiger partial charge in [0.15, 0.2) is 5.82 Å². The fraction of sp³-hybridized carbons (Fsp3) is 0.125. The number of ether oxygens (including phenoxy) is 2. The summed E-state index contributed by atoms with van der Waals surface area (Å²) in [6.45, 7) is 0. The highest BCUT2D eigenvalue weighted by Crippen LogP contribution is 2.32. The van der Waals surface area contributed by atoms with E-state index in [1.165, 1.54) is 0 Å². The standard InChI is InChI=1S/C24H20ClN5O2/c1-31-19-9-10-20-21(14-19)26-12-11-22(20)32-18-7-5-17(6-8-18)27-24-28-23(29-30-24)15-3-2-4-16(25)13-15/h2-13,19H,14H2,1H3,(H2,27,28,29,30). The van der Waals surface area contributed by atoms with Gasteiger partial charge >= 0.3 is 0 Å². The van der Waals surface area contributed by atoms with Gasteiger partial charge in [-0.05, 0) is 42.5 Å². The second-order valence-corrected chi connectivity index (χ2v) is 7.71. The number of benzene rings is 2. The Labute approximate surface area is 190 Å². The van der Waals surface area contributed by atoms with Gasteiger partial charge in [0.25, 0.3) is 0 Å². The van der Waals surface area contributed by atoms with Crippen molar-refractivity contribution < 1.29 is 9.47 Å². The number of halogens is 1. The van der Waals surface area contributed by atoms with Crippen molar-refractivity contribution in [3.8, 4) is 22.9 Å². The van der Waals surface area contributed by atoms with Crippen molar-refractivity contribution in [1.29, 1.82) is 0 Å². The fourth-order valence-corrected chi connectivity index (χ4v) is 3.69. The minimum absolute atomic E-state index is 0.0469. The van der Waals surface area contributed by atoms with Crippen LogP contribution in [0.4, 0.5) is 11.6 Å². The highest BCUT2D eigenvalue weighted by molar-refractivity contribution is 6.30. The maximum atomic E-state index is 6.11. The molecule has 0 bridgehead atoms. The summed E-state index contributed by atoms with van der Waals surface area (Å²) in [5, 5.41) is 11.0. The maximum Gasteiger partial charge on any atom is 0.246 e. The van der Waals surface area contributed by atoms with Crippen LogP contribution in [0.3, 0.4) is 0 Å². The lowest BCUT2D eigenvalue weighted by atomic mass is 10.00. The van der Waals surface area contributed by atoms with Crippen molar-refractivity contribution in [3.63, 3.8) is 0 Å². The van der Waals surface area contributed by atoms with Gasteiger partial charge < -0.3 is 14.8 Å². The number of aromatic nitrogens is 4. The Hall–Kier alpha value is -3.68. The summed E-state index contributed by atoms with van der Waals surface area (Å²) in [5.41, 5.74) is 3.66. The summed E-state index contributed by atoms with van der Waals surface area (Å²) in [6.07, 6.45) is 6.57. The number of H-pyrrole nitrogens is 1. The topological polar surface area (TPSA) is 85.0 Å². The van der Waals surface area contributed by atoms with Gasteiger partial charge in [0.1, 0.15) is 11.5 Å². The Morgan fingerprint density at radius 2 is 2.00 bits per heavy atom. The zero-order chi connectivity index (χ0) is 21.9. The fourth-order valence-electron chi connectivity index (χ4n) is 3.50. The van der Waals surface area contributed by atoms with E-state index in [-0.39, 0.29) is 6.10 Å². The molecule has 2 aromatic carbocycles. The number of pyridine rings is 1. The molecule has 0 spiro atoms. The van der Waals surface area contributed by atoms with Crippen LogP contribution in [0.25, 0.3) is 17.5 Å². The molecule has 4 aromatic rings. The van der Waals surface area contributed by atoms with Crippen LogP contribution in [-0.4, -0.2) is 33.4 Å². The molecule has 1 unspecified atom stereocenters. The largest absolute Gasteiger partial charge is 0.457 e. The summed E-state index contributed by atoms with van der Waals surface area (Å²) in [7, 11) is 1.70. The minimum Gasteiger partial charge on any atom is -0.457 e. The molecule has 1 aliphatic rings. The summed E-state index contributed by atoms with van der Waals surface area (Å²) in [6, 6.07) is 16.9. The molecule has 0 saturated carbocycles. The average Bonchev–Trinajstić information content (AvgIpc) is 3.29. The quantitative estimate of drug-likeness (QED) is 0.399. The summed E-state index contributed by atoms with van der Waals surface area (Å²) in [5.74, 6) is 2.60. The Morgan fingerprint density at radius 3 is 2.81 bits per heavy atom. The Balaban J connectivity index is 1.28. The number of methoxy groups -OCH3 is 1. The molecule has 0 aliphatic heterocycles. The second kappa shape index (κ2) is 8.82. The highest BCUT2D eigenvalue weighted by atomic mass is 35.5. The van der Waals surface area contributed by atoms with Gasteiger partial charge in [0.2, 0.25) is 5.95 Å². The predicted molar refractivity (Wildman–Crippen MR) is 124 cm³/mol. The highest BCUT2D eigenvalue weighted by Gasteiger charge is 2.18. The van der Waals surface area contributed by atoms with E-state index >= 15 is 0 Å². The van der Waals surface area contributed by atoms with E-state index in [2.05, 4.69) is 25.5 Å². The van der Waals surface area contributed by atoms with Gasteiger partial charge in [-0.3, -0.25) is 10.1 Å². The Morgan fingerprint density at radius 1 is 1.12 bits per heavy atom. The van der Waals surface area contributed by atoms with Crippen molar-refractivity contribution in [2.75, 3.05) is 12.4 Å². The van der Waals surface area contributed by atoms with Gasteiger partial charge in [-0.15, -0.1) is 5.10 Å². The first-order valence-electron chi connectivity index (χ1n) is 10.1. The molecule has 0 saturated heterocycles. The van der Waals surface area contributed by atoms with Crippen molar-refractivity contribution in [3.05, 3.63) is 83.2 Å². The maximum absolute atomic E-state index is 6.11. The third kappa shape index (κ3) is 4.34. The number of nitrogens with one attached hydrogen (secondary N) is 2. The van der Waals surface area contributed by atoms with E-state index < -0.39 is 0 Å². The van der Waals surface area contributed by atoms with E-state index in [1.807, 2.05) is 66.7 Å². The molecular formula is C24H20ClN5O2. The first kappa shape index (κ1) is 20.2. The molecule has 160 valence electrons. The molecule has 2 heterocycles. The molecule has 8 heteroatoms. The van der Waals surface area contributed by atoms with Crippen LogP contribution in [0.15, 0.2) is 66.9 Å². The van der Waals surface area contributed by atoms with Crippen LogP contribution in [-0.2, 0) is 11.2 Å². The van der Waals surface area contributed by atoms with Crippen LogP contribution in [0.5, 0.6) is 11.5 Å². The summed E-state index contributed by atoms with van der Waals surface area (Å²) < 4.78 is 11.5. The van der Waals surface area contributed by atoms with Crippen LogP contribution in [0.2, 0.25) is 5.02 Å². The first-order valence-corrected chi connectivity index (χ1v) is 10.5. The molecule has 32 heavy (non-hydrogen) atoms. The van der Waals surface area contributed by atoms with Crippen molar-refractivity contribution in [1.82, 2.24) is 20.2 Å². The molecule has 1 aliphatic carbocycles. The number of nitrogens with zero attached hydrogens (tertiary/aromatic N) is 3. The monoisotopic (exact) mass is 445 g/mol. The van der Waals surface area contributed by atoms with E-state index in [1.54, 1.807) is 13.3 Å². The summed E-state index contributed by atoms with van der Waals surface area (Å²) >= 11 is 6.05. The molecule has 5 rings (SSSR count). The zero-order valence-corrected chi connectivity index (χ0v) is 18.0. The normalized spacial score (nSPS) is 14.8. The van der Waals surface area contributed by atoms with E-state index in [0.29, 0.717) is 16.8 Å². The van der Waals surface area contributed by atoms with Crippen molar-refractivity contribution in [2.24, 2.45) is 0 Å². The van der Waals surface area contributed by atoms with Crippen LogP contribution in [0.1, 0.15) is 11.3 Å². The van der Waals surface area contributed by atoms with Crippen LogP contribution < -0.4 is 10.1 Å². The SMILES string of the molecule is COC1C=Cc2c(Oc3ccc(Nc4n[nH]c(-c5cccc(Cl)c5)n4)cc3)ccnc2C1. The van der Waals surface area contributed by atoms with Crippen molar-refractivity contribution >= 4 is 29.3 Å². The van der Waals surface area contributed by atoms with E-state index in [4.69, 9.17) is 21.1 Å². The molecule has 7 nitrogen and oxygen atoms in total. The smallest absolute Gasteiger partial charge is 0.246 e. The second-order valence-electron chi connectivity index (χ2n) is 7.28. The van der Waals surface area contributed by atoms with Gasteiger partial charge in [-0.2, -0.15) is 4.98 Å². The number of hydrogen-bond acceptors (Lipinski definition) is 6. The third-order valence-electron chi connectivity index (χ3n) is 5.13. The van der Waals surface area contributed by atoms with Crippen LogP contribution in [0, 0.1) is 0 Å². The van der Waals surface area contributed by atoms with Gasteiger partial charge in [-0.25, -0.2) is 0 Å². The van der Waals surface area contributed by atoms with Gasteiger partial charge in [-0.1, -0.05) is 35.9 Å². The average molecular weight is 446 g/mol. The lowest BCUT2D eigenvalue weighted by molar-refractivity contribution is 0.140. The molecule has 0 amide bonds. The number of aromatic amines is 1. The van der Waals surface area contributed by atoms with Crippen LogP contribution >= 0.6 is 11.6 Å². The molecule has 2 N–H and O–H groups in total. The van der Waals surface area contributed by atoms with Gasteiger partial charge in [0, 0.05) is 41.6 Å². The zero-order valence-electron chi connectivity index (χ0n) is 17.2. The molecule has 0 radical (unpaired) electrons. The number of anilines is 2. The molecule has 1 atom stereocenters. The number of hydrogen-bond donors (Lipinski definition) is 2. The summed E-state index contributed by atoms with van der Waals surface area (Å²) in [4.78, 5) is 8.94. The van der Waals surface area contributed by atoms with E-state index in [0.717, 1.165) is 40.4 Å². The lowest BCUT2D eigenvalue weighted by Crippen LogP contribution is -2.16. The number of rotatable bonds is 6. The minimum atomic E-state index is 0.0469. The molecular weight excluding hydrogens is 426 g/mol. The molecule has 0 fully saturated rings. The third-order valence-corrected chi connectivity index (χ3v) is 5.36. The lowest BCUT2D eigenvalue weighted by Gasteiger charge is -2.19. The first-order chi connectivity index (χ1) is 15.7.